The van der Waals surface area contributed by atoms with Crippen molar-refractivity contribution in [3.63, 3.8) is 0 Å². The highest BCUT2D eigenvalue weighted by atomic mass is 79.9. The number of carbonyl (C=O) groups excluding carboxylic acids is 1. The Balaban J connectivity index is 2.34. The number of halogens is 1. The maximum Gasteiger partial charge on any atom is 0.235 e. The summed E-state index contributed by atoms with van der Waals surface area (Å²) in [5.74, 6) is 0.545. The van der Waals surface area contributed by atoms with Crippen LogP contribution < -0.4 is 0 Å². The molecule has 1 aromatic carbocycles. The van der Waals surface area contributed by atoms with E-state index < -0.39 is 0 Å². The Morgan fingerprint density at radius 3 is 2.71 bits per heavy atom. The van der Waals surface area contributed by atoms with Gasteiger partial charge in [-0.1, -0.05) is 41.9 Å². The first-order valence-electron chi connectivity index (χ1n) is 6.02. The summed E-state index contributed by atoms with van der Waals surface area (Å²) in [6.45, 7) is 4.40. The molecule has 0 aliphatic heterocycles. The van der Waals surface area contributed by atoms with Crippen LogP contribution in [-0.2, 0) is 10.3 Å². The van der Waals surface area contributed by atoms with Crippen molar-refractivity contribution in [1.82, 2.24) is 0 Å². The maximum absolute atomic E-state index is 10.4. The summed E-state index contributed by atoms with van der Waals surface area (Å²) in [4.78, 5) is 14.4. The number of rotatable bonds is 4. The van der Waals surface area contributed by atoms with Crippen LogP contribution in [0.4, 0.5) is 0 Å². The molecule has 2 rings (SSSR count). The quantitative estimate of drug-likeness (QED) is 0.601. The van der Waals surface area contributed by atoms with Crippen LogP contribution in [0.1, 0.15) is 50.2 Å². The van der Waals surface area contributed by atoms with E-state index >= 15 is 0 Å². The molecule has 1 unspecified atom stereocenters. The molecule has 0 N–H and O–H groups in total. The topological polar surface area (TPSA) is 29.4 Å². The average Bonchev–Trinajstić information content (AvgIpc) is 3.09. The van der Waals surface area contributed by atoms with Crippen molar-refractivity contribution in [3.05, 3.63) is 33.8 Å². The zero-order chi connectivity index (χ0) is 12.5. The third-order valence-electron chi connectivity index (χ3n) is 3.66. The Bertz CT molecular complexity index is 473. The lowest BCUT2D eigenvalue weighted by Crippen LogP contribution is -2.03. The van der Waals surface area contributed by atoms with Gasteiger partial charge in [0.2, 0.25) is 6.08 Å². The zero-order valence-corrected chi connectivity index (χ0v) is 11.8. The normalized spacial score (nSPS) is 18.3. The number of nitrogens with zero attached hydrogens (tertiary/aromatic N) is 1. The molecule has 1 aliphatic carbocycles. The summed E-state index contributed by atoms with van der Waals surface area (Å²) in [5, 5.41) is 0. The van der Waals surface area contributed by atoms with Crippen LogP contribution in [-0.4, -0.2) is 6.08 Å². The second-order valence-corrected chi connectivity index (χ2v) is 5.63. The molecule has 0 saturated heterocycles. The molecule has 0 heterocycles. The SMILES string of the molecule is CCC(C)c1ccc(C2(N=C=O)CC2)cc1Br. The van der Waals surface area contributed by atoms with Crippen molar-refractivity contribution >= 4 is 22.0 Å². The molecule has 1 aliphatic rings. The summed E-state index contributed by atoms with van der Waals surface area (Å²) in [6, 6.07) is 6.35. The average molecular weight is 294 g/mol. The van der Waals surface area contributed by atoms with Crippen molar-refractivity contribution in [1.29, 1.82) is 0 Å². The van der Waals surface area contributed by atoms with Crippen LogP contribution in [0.2, 0.25) is 0 Å². The van der Waals surface area contributed by atoms with Gasteiger partial charge in [-0.05, 0) is 42.4 Å². The number of benzene rings is 1. The van der Waals surface area contributed by atoms with Crippen molar-refractivity contribution in [2.24, 2.45) is 4.99 Å². The number of isocyanates is 1. The van der Waals surface area contributed by atoms with Gasteiger partial charge in [0.15, 0.2) is 0 Å². The molecule has 2 nitrogen and oxygen atoms in total. The van der Waals surface area contributed by atoms with Crippen molar-refractivity contribution in [2.45, 2.75) is 44.6 Å². The van der Waals surface area contributed by atoms with Crippen molar-refractivity contribution < 1.29 is 4.79 Å². The van der Waals surface area contributed by atoms with Gasteiger partial charge in [-0.3, -0.25) is 0 Å². The summed E-state index contributed by atoms with van der Waals surface area (Å²) in [7, 11) is 0. The maximum atomic E-state index is 10.4. The smallest absolute Gasteiger partial charge is 0.211 e. The summed E-state index contributed by atoms with van der Waals surface area (Å²) in [5.41, 5.74) is 2.18. The predicted octanol–water partition coefficient (Wildman–Crippen LogP) is 4.29. The van der Waals surface area contributed by atoms with E-state index in [4.69, 9.17) is 0 Å². The molecule has 1 aromatic rings. The lowest BCUT2D eigenvalue weighted by atomic mass is 9.95. The lowest BCUT2D eigenvalue weighted by Gasteiger charge is -2.15. The second kappa shape index (κ2) is 4.75. The fourth-order valence-electron chi connectivity index (χ4n) is 2.11. The molecule has 90 valence electrons. The Labute approximate surface area is 110 Å². The highest BCUT2D eigenvalue weighted by Gasteiger charge is 2.44. The third kappa shape index (κ3) is 2.36. The van der Waals surface area contributed by atoms with E-state index in [0.717, 1.165) is 29.3 Å². The largest absolute Gasteiger partial charge is 0.235 e. The van der Waals surface area contributed by atoms with Gasteiger partial charge in [-0.25, -0.2) is 4.79 Å². The Morgan fingerprint density at radius 2 is 2.24 bits per heavy atom. The molecule has 0 aromatic heterocycles. The summed E-state index contributed by atoms with van der Waals surface area (Å²) >= 11 is 3.62. The van der Waals surface area contributed by atoms with Gasteiger partial charge in [0.25, 0.3) is 0 Å². The lowest BCUT2D eigenvalue weighted by molar-refractivity contribution is 0.556. The fourth-order valence-corrected chi connectivity index (χ4v) is 2.88. The van der Waals surface area contributed by atoms with Crippen LogP contribution in [0.5, 0.6) is 0 Å². The van der Waals surface area contributed by atoms with Crippen LogP contribution >= 0.6 is 15.9 Å². The molecule has 3 heteroatoms. The molecule has 0 amide bonds. The minimum absolute atomic E-state index is 0.266. The standard InChI is InChI=1S/C14H16BrNO/c1-3-10(2)12-5-4-11(8-13(12)15)14(6-7-14)16-9-17/h4-5,8,10H,3,6-7H2,1-2H3. The molecule has 0 spiro atoms. The molecule has 1 saturated carbocycles. The molecule has 1 fully saturated rings. The van der Waals surface area contributed by atoms with Crippen LogP contribution in [0.3, 0.4) is 0 Å². The van der Waals surface area contributed by atoms with Gasteiger partial charge in [-0.15, -0.1) is 0 Å². The minimum atomic E-state index is -0.266. The first-order chi connectivity index (χ1) is 8.13. The fraction of sp³-hybridized carbons (Fsp3) is 0.500. The van der Waals surface area contributed by atoms with Crippen LogP contribution in [0, 0.1) is 0 Å². The second-order valence-electron chi connectivity index (χ2n) is 4.78. The Morgan fingerprint density at radius 1 is 1.53 bits per heavy atom. The Kier molecular flexibility index (Phi) is 3.50. The molecular formula is C14H16BrNO. The number of hydrogen-bond donors (Lipinski definition) is 0. The summed E-state index contributed by atoms with van der Waals surface area (Å²) in [6.07, 6.45) is 4.73. The highest BCUT2D eigenvalue weighted by molar-refractivity contribution is 9.10. The van der Waals surface area contributed by atoms with Crippen LogP contribution in [0.15, 0.2) is 27.7 Å². The van der Waals surface area contributed by atoms with E-state index in [2.05, 4.69) is 53.0 Å². The van der Waals surface area contributed by atoms with Gasteiger partial charge in [-0.2, -0.15) is 4.99 Å². The van der Waals surface area contributed by atoms with E-state index in [0.29, 0.717) is 5.92 Å². The number of aliphatic imine (C=N–C) groups is 1. The molecule has 1 atom stereocenters. The first kappa shape index (κ1) is 12.5. The third-order valence-corrected chi connectivity index (χ3v) is 4.35. The van der Waals surface area contributed by atoms with E-state index in [1.165, 1.54) is 5.56 Å². The predicted molar refractivity (Wildman–Crippen MR) is 71.9 cm³/mol. The zero-order valence-electron chi connectivity index (χ0n) is 10.2. The van der Waals surface area contributed by atoms with Gasteiger partial charge < -0.3 is 0 Å². The summed E-state index contributed by atoms with van der Waals surface area (Å²) < 4.78 is 1.12. The monoisotopic (exact) mass is 293 g/mol. The highest BCUT2D eigenvalue weighted by Crippen LogP contribution is 2.50. The van der Waals surface area contributed by atoms with Gasteiger partial charge >= 0.3 is 0 Å². The number of hydrogen-bond acceptors (Lipinski definition) is 2. The van der Waals surface area contributed by atoms with Crippen LogP contribution in [0.25, 0.3) is 0 Å². The van der Waals surface area contributed by atoms with E-state index in [-0.39, 0.29) is 5.54 Å². The van der Waals surface area contributed by atoms with Gasteiger partial charge in [0.05, 0.1) is 5.54 Å². The van der Waals surface area contributed by atoms with Gasteiger partial charge in [0, 0.05) is 4.47 Å². The van der Waals surface area contributed by atoms with Crippen molar-refractivity contribution in [2.75, 3.05) is 0 Å². The Hall–Kier alpha value is -0.920. The van der Waals surface area contributed by atoms with Gasteiger partial charge in [0.1, 0.15) is 0 Å². The molecular weight excluding hydrogens is 278 g/mol. The molecule has 17 heavy (non-hydrogen) atoms. The molecule has 0 radical (unpaired) electrons. The minimum Gasteiger partial charge on any atom is -0.211 e. The first-order valence-corrected chi connectivity index (χ1v) is 6.81. The van der Waals surface area contributed by atoms with E-state index in [1.807, 2.05) is 0 Å². The van der Waals surface area contributed by atoms with E-state index in [1.54, 1.807) is 6.08 Å². The molecule has 0 bridgehead atoms. The van der Waals surface area contributed by atoms with Crippen molar-refractivity contribution in [3.8, 4) is 0 Å². The van der Waals surface area contributed by atoms with E-state index in [9.17, 15) is 4.79 Å².